The van der Waals surface area contributed by atoms with Crippen LogP contribution in [0.5, 0.6) is 0 Å². The van der Waals surface area contributed by atoms with Gasteiger partial charge in [-0.05, 0) is 12.8 Å². The van der Waals surface area contributed by atoms with Crippen LogP contribution in [0.4, 0.5) is 0 Å². The molecule has 1 unspecified atom stereocenters. The van der Waals surface area contributed by atoms with Gasteiger partial charge in [-0.25, -0.2) is 0 Å². The van der Waals surface area contributed by atoms with Crippen molar-refractivity contribution in [3.05, 3.63) is 0 Å². The second-order valence-corrected chi connectivity index (χ2v) is 5.85. The Morgan fingerprint density at radius 2 is 1.00 bits per heavy atom. The topological polar surface area (TPSA) is 26.0 Å². The molecule has 0 spiro atoms. The molecular formula is C17H37N. The van der Waals surface area contributed by atoms with E-state index in [1.807, 2.05) is 0 Å². The third-order valence-electron chi connectivity index (χ3n) is 3.95. The first-order valence-electron chi connectivity index (χ1n) is 8.56. The minimum atomic E-state index is 0.452. The maximum Gasteiger partial charge on any atom is 0.00362 e. The lowest BCUT2D eigenvalue weighted by Gasteiger charge is -2.07. The van der Waals surface area contributed by atoms with E-state index in [1.54, 1.807) is 0 Å². The van der Waals surface area contributed by atoms with Crippen molar-refractivity contribution in [2.45, 2.75) is 110 Å². The molecular weight excluding hydrogens is 218 g/mol. The highest BCUT2D eigenvalue weighted by molar-refractivity contribution is 4.58. The molecule has 0 radical (unpaired) electrons. The van der Waals surface area contributed by atoms with E-state index >= 15 is 0 Å². The first kappa shape index (κ1) is 18.0. The zero-order chi connectivity index (χ0) is 13.5. The van der Waals surface area contributed by atoms with Crippen molar-refractivity contribution in [3.8, 4) is 0 Å². The fourth-order valence-electron chi connectivity index (χ4n) is 2.45. The van der Waals surface area contributed by atoms with Gasteiger partial charge in [0.05, 0.1) is 0 Å². The molecule has 0 aromatic carbocycles. The fraction of sp³-hybridized carbons (Fsp3) is 1.00. The third-order valence-corrected chi connectivity index (χ3v) is 3.95. The molecule has 1 atom stereocenters. The van der Waals surface area contributed by atoms with Gasteiger partial charge in [0.1, 0.15) is 0 Å². The summed E-state index contributed by atoms with van der Waals surface area (Å²) in [5, 5.41) is 0. The Balaban J connectivity index is 2.94. The minimum Gasteiger partial charge on any atom is -0.328 e. The molecule has 18 heavy (non-hydrogen) atoms. The smallest absolute Gasteiger partial charge is 0.00362 e. The number of hydrogen-bond acceptors (Lipinski definition) is 1. The van der Waals surface area contributed by atoms with E-state index in [9.17, 15) is 0 Å². The summed E-state index contributed by atoms with van der Waals surface area (Å²) in [6, 6.07) is 0.452. The zero-order valence-corrected chi connectivity index (χ0v) is 13.1. The molecule has 0 rings (SSSR count). The highest BCUT2D eigenvalue weighted by Gasteiger charge is 1.98. The van der Waals surface area contributed by atoms with Crippen LogP contribution in [0.2, 0.25) is 0 Å². The Kier molecular flexibility index (Phi) is 15.0. The normalized spacial score (nSPS) is 12.8. The summed E-state index contributed by atoms with van der Waals surface area (Å²) in [7, 11) is 0. The van der Waals surface area contributed by atoms with E-state index in [4.69, 9.17) is 5.73 Å². The Bertz CT molecular complexity index is 145. The van der Waals surface area contributed by atoms with Gasteiger partial charge in [-0.2, -0.15) is 0 Å². The quantitative estimate of drug-likeness (QED) is 0.389. The average Bonchev–Trinajstić information content (AvgIpc) is 2.39. The molecule has 0 heterocycles. The highest BCUT2D eigenvalue weighted by atomic mass is 14.6. The Hall–Kier alpha value is -0.0400. The molecule has 1 nitrogen and oxygen atoms in total. The summed E-state index contributed by atoms with van der Waals surface area (Å²) in [6.07, 6.45) is 19.5. The standard InChI is InChI=1S/C17H37N/c1-3-5-6-7-8-9-10-11-12-13-14-15-16-17(18)4-2/h17H,3-16,18H2,1-2H3. The predicted molar refractivity (Wildman–Crippen MR) is 84.0 cm³/mol. The van der Waals surface area contributed by atoms with E-state index in [0.717, 1.165) is 6.42 Å². The van der Waals surface area contributed by atoms with Crippen molar-refractivity contribution in [2.24, 2.45) is 5.73 Å². The number of unbranched alkanes of at least 4 members (excludes halogenated alkanes) is 11. The molecule has 0 amide bonds. The molecule has 2 N–H and O–H groups in total. The maximum atomic E-state index is 5.90. The Morgan fingerprint density at radius 3 is 1.39 bits per heavy atom. The molecule has 0 saturated carbocycles. The molecule has 0 aliphatic carbocycles. The first-order valence-corrected chi connectivity index (χ1v) is 8.56. The van der Waals surface area contributed by atoms with Crippen molar-refractivity contribution in [1.29, 1.82) is 0 Å². The van der Waals surface area contributed by atoms with Crippen molar-refractivity contribution < 1.29 is 0 Å². The van der Waals surface area contributed by atoms with Crippen LogP contribution in [0.25, 0.3) is 0 Å². The van der Waals surface area contributed by atoms with Gasteiger partial charge < -0.3 is 5.73 Å². The lowest BCUT2D eigenvalue weighted by molar-refractivity contribution is 0.512. The molecule has 0 fully saturated rings. The van der Waals surface area contributed by atoms with Crippen LogP contribution in [0, 0.1) is 0 Å². The highest BCUT2D eigenvalue weighted by Crippen LogP contribution is 2.12. The average molecular weight is 255 g/mol. The van der Waals surface area contributed by atoms with Gasteiger partial charge >= 0.3 is 0 Å². The SMILES string of the molecule is CCCCCCCCCCCCCCC(N)CC. The summed E-state index contributed by atoms with van der Waals surface area (Å²) in [6.45, 7) is 4.47. The van der Waals surface area contributed by atoms with Crippen molar-refractivity contribution >= 4 is 0 Å². The van der Waals surface area contributed by atoms with Gasteiger partial charge in [0, 0.05) is 6.04 Å². The number of rotatable bonds is 14. The van der Waals surface area contributed by atoms with Crippen LogP contribution in [0.1, 0.15) is 104 Å². The van der Waals surface area contributed by atoms with Crippen LogP contribution >= 0.6 is 0 Å². The lowest BCUT2D eigenvalue weighted by atomic mass is 10.0. The molecule has 0 aromatic rings. The second kappa shape index (κ2) is 15.0. The summed E-state index contributed by atoms with van der Waals surface area (Å²) in [4.78, 5) is 0. The van der Waals surface area contributed by atoms with Crippen LogP contribution < -0.4 is 5.73 Å². The largest absolute Gasteiger partial charge is 0.328 e. The van der Waals surface area contributed by atoms with E-state index in [-0.39, 0.29) is 0 Å². The molecule has 110 valence electrons. The van der Waals surface area contributed by atoms with Crippen LogP contribution in [-0.4, -0.2) is 6.04 Å². The van der Waals surface area contributed by atoms with E-state index in [1.165, 1.54) is 83.5 Å². The summed E-state index contributed by atoms with van der Waals surface area (Å²) in [5.41, 5.74) is 5.90. The van der Waals surface area contributed by atoms with Crippen molar-refractivity contribution in [3.63, 3.8) is 0 Å². The monoisotopic (exact) mass is 255 g/mol. The molecule has 0 aromatic heterocycles. The molecule has 0 bridgehead atoms. The summed E-state index contributed by atoms with van der Waals surface area (Å²) < 4.78 is 0. The van der Waals surface area contributed by atoms with Crippen LogP contribution in [0.15, 0.2) is 0 Å². The van der Waals surface area contributed by atoms with Gasteiger partial charge in [0.2, 0.25) is 0 Å². The first-order chi connectivity index (χ1) is 8.81. The molecule has 0 aliphatic heterocycles. The van der Waals surface area contributed by atoms with Gasteiger partial charge in [0.15, 0.2) is 0 Å². The fourth-order valence-corrected chi connectivity index (χ4v) is 2.45. The minimum absolute atomic E-state index is 0.452. The van der Waals surface area contributed by atoms with Crippen LogP contribution in [0.3, 0.4) is 0 Å². The van der Waals surface area contributed by atoms with Gasteiger partial charge in [-0.15, -0.1) is 0 Å². The number of hydrogen-bond donors (Lipinski definition) is 1. The second-order valence-electron chi connectivity index (χ2n) is 5.85. The van der Waals surface area contributed by atoms with Gasteiger partial charge in [0.25, 0.3) is 0 Å². The zero-order valence-electron chi connectivity index (χ0n) is 13.1. The lowest BCUT2D eigenvalue weighted by Crippen LogP contribution is -2.17. The van der Waals surface area contributed by atoms with Crippen LogP contribution in [-0.2, 0) is 0 Å². The molecule has 1 heteroatoms. The van der Waals surface area contributed by atoms with Gasteiger partial charge in [-0.3, -0.25) is 0 Å². The molecule has 0 saturated heterocycles. The van der Waals surface area contributed by atoms with E-state index in [2.05, 4.69) is 13.8 Å². The Labute approximate surface area is 116 Å². The maximum absolute atomic E-state index is 5.90. The summed E-state index contributed by atoms with van der Waals surface area (Å²) >= 11 is 0. The third kappa shape index (κ3) is 14.0. The Morgan fingerprint density at radius 1 is 0.611 bits per heavy atom. The summed E-state index contributed by atoms with van der Waals surface area (Å²) in [5.74, 6) is 0. The van der Waals surface area contributed by atoms with E-state index < -0.39 is 0 Å². The number of nitrogens with two attached hydrogens (primary N) is 1. The molecule has 0 aliphatic rings. The van der Waals surface area contributed by atoms with Crippen molar-refractivity contribution in [2.75, 3.05) is 0 Å². The predicted octanol–water partition coefficient (Wildman–Crippen LogP) is 5.81. The van der Waals surface area contributed by atoms with Crippen molar-refractivity contribution in [1.82, 2.24) is 0 Å². The van der Waals surface area contributed by atoms with E-state index in [0.29, 0.717) is 6.04 Å². The van der Waals surface area contributed by atoms with Gasteiger partial charge in [-0.1, -0.05) is 90.9 Å².